The average Bonchev–Trinajstić information content (AvgIpc) is 2.51. The van der Waals surface area contributed by atoms with Crippen LogP contribution < -0.4 is 10.1 Å². The van der Waals surface area contributed by atoms with Gasteiger partial charge in [-0.15, -0.1) is 0 Å². The topological polar surface area (TPSA) is 41.6 Å². The Kier molecular flexibility index (Phi) is 3.25. The fraction of sp³-hybridized carbons (Fsp3) is 0.188. The maximum Gasteiger partial charge on any atom is 0.317 e. The molecule has 2 amide bonds. The molecule has 0 aromatic heterocycles. The van der Waals surface area contributed by atoms with Crippen LogP contribution in [0.3, 0.4) is 0 Å². The van der Waals surface area contributed by atoms with E-state index in [-0.39, 0.29) is 17.9 Å². The lowest BCUT2D eigenvalue weighted by atomic mass is 9.93. The van der Waals surface area contributed by atoms with Gasteiger partial charge in [0.05, 0.1) is 6.04 Å². The van der Waals surface area contributed by atoms with Crippen molar-refractivity contribution in [3.8, 4) is 11.5 Å². The first kappa shape index (κ1) is 13.4. The molecular formula is C16H15FN2O2. The van der Waals surface area contributed by atoms with Crippen molar-refractivity contribution in [1.82, 2.24) is 10.2 Å². The molecule has 1 unspecified atom stereocenters. The van der Waals surface area contributed by atoms with Gasteiger partial charge in [0.15, 0.2) is 0 Å². The molecule has 1 heterocycles. The largest absolute Gasteiger partial charge is 0.457 e. The first-order valence-electron chi connectivity index (χ1n) is 6.62. The second-order valence-corrected chi connectivity index (χ2v) is 4.89. The highest BCUT2D eigenvalue weighted by molar-refractivity contribution is 5.75. The van der Waals surface area contributed by atoms with Crippen LogP contribution in [0, 0.1) is 5.82 Å². The third-order valence-electron chi connectivity index (χ3n) is 3.62. The zero-order chi connectivity index (χ0) is 15.0. The molecule has 1 aliphatic heterocycles. The Morgan fingerprint density at radius 3 is 2.67 bits per heavy atom. The summed E-state index contributed by atoms with van der Waals surface area (Å²) < 4.78 is 19.4. The molecule has 1 N–H and O–H groups in total. The van der Waals surface area contributed by atoms with Gasteiger partial charge in [-0.2, -0.15) is 0 Å². The van der Waals surface area contributed by atoms with Crippen LogP contribution in [0.2, 0.25) is 0 Å². The molecule has 0 bridgehead atoms. The molecule has 4 nitrogen and oxygen atoms in total. The molecule has 5 heteroatoms. The summed E-state index contributed by atoms with van der Waals surface area (Å²) in [7, 11) is 3.25. The third-order valence-corrected chi connectivity index (χ3v) is 3.62. The van der Waals surface area contributed by atoms with Crippen LogP contribution in [-0.4, -0.2) is 25.0 Å². The normalized spacial score (nSPS) is 15.5. The molecule has 0 saturated carbocycles. The molecule has 0 fully saturated rings. The fourth-order valence-corrected chi connectivity index (χ4v) is 2.62. The van der Waals surface area contributed by atoms with Crippen molar-refractivity contribution in [2.45, 2.75) is 6.04 Å². The predicted octanol–water partition coefficient (Wildman–Crippen LogP) is 3.29. The van der Waals surface area contributed by atoms with Crippen molar-refractivity contribution in [3.63, 3.8) is 0 Å². The van der Waals surface area contributed by atoms with Crippen LogP contribution in [-0.2, 0) is 0 Å². The number of fused-ring (bicyclic) bond motifs is 2. The zero-order valence-corrected chi connectivity index (χ0v) is 11.8. The van der Waals surface area contributed by atoms with E-state index in [0.29, 0.717) is 17.1 Å². The lowest BCUT2D eigenvalue weighted by Gasteiger charge is -2.34. The van der Waals surface area contributed by atoms with E-state index in [1.807, 2.05) is 24.3 Å². The summed E-state index contributed by atoms with van der Waals surface area (Å²) in [5.74, 6) is 0.889. The maximum atomic E-state index is 13.6. The first-order valence-corrected chi connectivity index (χ1v) is 6.62. The van der Waals surface area contributed by atoms with E-state index in [4.69, 9.17) is 4.74 Å². The number of rotatable bonds is 1. The standard InChI is InChI=1S/C16H15FN2O2/c1-18-16(20)19(2)15-11-5-3-4-6-13(11)21-14-8-7-10(17)9-12(14)15/h3-9,15H,1-2H3,(H,18,20). The minimum Gasteiger partial charge on any atom is -0.457 e. The average molecular weight is 286 g/mol. The number of nitrogens with one attached hydrogen (secondary N) is 1. The summed E-state index contributed by atoms with van der Waals surface area (Å²) in [5, 5.41) is 2.59. The monoisotopic (exact) mass is 286 g/mol. The fourth-order valence-electron chi connectivity index (χ4n) is 2.62. The lowest BCUT2D eigenvalue weighted by molar-refractivity contribution is 0.197. The minimum atomic E-state index is -0.388. The van der Waals surface area contributed by atoms with Crippen molar-refractivity contribution in [2.75, 3.05) is 14.1 Å². The van der Waals surface area contributed by atoms with Crippen LogP contribution in [0.25, 0.3) is 0 Å². The highest BCUT2D eigenvalue weighted by Gasteiger charge is 2.32. The van der Waals surface area contributed by atoms with Gasteiger partial charge in [-0.05, 0) is 24.3 Å². The number of carbonyl (C=O) groups excluding carboxylic acids is 1. The molecule has 2 aromatic carbocycles. The summed E-state index contributed by atoms with van der Waals surface area (Å²) >= 11 is 0. The lowest BCUT2D eigenvalue weighted by Crippen LogP contribution is -2.39. The Labute approximate surface area is 122 Å². The Morgan fingerprint density at radius 1 is 1.19 bits per heavy atom. The van der Waals surface area contributed by atoms with E-state index in [2.05, 4.69) is 5.32 Å². The third kappa shape index (κ3) is 2.20. The van der Waals surface area contributed by atoms with E-state index in [9.17, 15) is 9.18 Å². The highest BCUT2D eigenvalue weighted by atomic mass is 19.1. The van der Waals surface area contributed by atoms with Gasteiger partial charge in [-0.1, -0.05) is 18.2 Å². The quantitative estimate of drug-likeness (QED) is 0.874. The van der Waals surface area contributed by atoms with Gasteiger partial charge in [0.2, 0.25) is 0 Å². The van der Waals surface area contributed by atoms with Crippen molar-refractivity contribution >= 4 is 6.03 Å². The second kappa shape index (κ2) is 5.09. The van der Waals surface area contributed by atoms with Gasteiger partial charge >= 0.3 is 6.03 Å². The van der Waals surface area contributed by atoms with Gasteiger partial charge in [0, 0.05) is 25.2 Å². The first-order chi connectivity index (χ1) is 10.1. The molecule has 108 valence electrons. The van der Waals surface area contributed by atoms with Gasteiger partial charge in [0.25, 0.3) is 0 Å². The summed E-state index contributed by atoms with van der Waals surface area (Å²) in [6.07, 6.45) is 0. The number of halogens is 1. The summed E-state index contributed by atoms with van der Waals surface area (Å²) in [6, 6.07) is 11.2. The Hall–Kier alpha value is -2.56. The molecule has 3 rings (SSSR count). The van der Waals surface area contributed by atoms with Gasteiger partial charge in [0.1, 0.15) is 17.3 Å². The van der Waals surface area contributed by atoms with Crippen molar-refractivity contribution in [3.05, 3.63) is 59.4 Å². The van der Waals surface area contributed by atoms with Crippen molar-refractivity contribution in [1.29, 1.82) is 0 Å². The van der Waals surface area contributed by atoms with Crippen LogP contribution >= 0.6 is 0 Å². The van der Waals surface area contributed by atoms with E-state index in [1.165, 1.54) is 12.1 Å². The second-order valence-electron chi connectivity index (χ2n) is 4.89. The molecule has 21 heavy (non-hydrogen) atoms. The van der Waals surface area contributed by atoms with E-state index in [0.717, 1.165) is 5.56 Å². The number of benzene rings is 2. The molecule has 0 radical (unpaired) electrons. The molecule has 1 atom stereocenters. The summed E-state index contributed by atoms with van der Waals surface area (Å²) in [6.45, 7) is 0. The van der Waals surface area contributed by atoms with Crippen LogP contribution in [0.5, 0.6) is 11.5 Å². The number of ether oxygens (including phenoxy) is 1. The highest BCUT2D eigenvalue weighted by Crippen LogP contribution is 2.45. The van der Waals surface area contributed by atoms with Crippen LogP contribution in [0.15, 0.2) is 42.5 Å². The van der Waals surface area contributed by atoms with Crippen LogP contribution in [0.1, 0.15) is 17.2 Å². The van der Waals surface area contributed by atoms with Crippen molar-refractivity contribution < 1.29 is 13.9 Å². The smallest absolute Gasteiger partial charge is 0.317 e. The number of carbonyl (C=O) groups is 1. The summed E-state index contributed by atoms with van der Waals surface area (Å²) in [4.78, 5) is 13.5. The molecule has 0 aliphatic carbocycles. The van der Waals surface area contributed by atoms with Gasteiger partial charge < -0.3 is 15.0 Å². The van der Waals surface area contributed by atoms with Crippen LogP contribution in [0.4, 0.5) is 9.18 Å². The minimum absolute atomic E-state index is 0.244. The molecule has 0 saturated heterocycles. The van der Waals surface area contributed by atoms with Gasteiger partial charge in [-0.25, -0.2) is 9.18 Å². The summed E-state index contributed by atoms with van der Waals surface area (Å²) in [5.41, 5.74) is 1.47. The van der Waals surface area contributed by atoms with Crippen molar-refractivity contribution in [2.24, 2.45) is 0 Å². The SMILES string of the molecule is CNC(=O)N(C)C1c2ccccc2Oc2ccc(F)cc21. The molecule has 1 aliphatic rings. The zero-order valence-electron chi connectivity index (χ0n) is 11.8. The number of para-hydroxylation sites is 1. The molecule has 0 spiro atoms. The Balaban J connectivity index is 2.17. The van der Waals surface area contributed by atoms with E-state index in [1.54, 1.807) is 25.1 Å². The van der Waals surface area contributed by atoms with Gasteiger partial charge in [-0.3, -0.25) is 0 Å². The maximum absolute atomic E-state index is 13.6. The number of hydrogen-bond acceptors (Lipinski definition) is 2. The molecule has 2 aromatic rings. The predicted molar refractivity (Wildman–Crippen MR) is 77.0 cm³/mol. The Morgan fingerprint density at radius 2 is 1.90 bits per heavy atom. The number of nitrogens with zero attached hydrogens (tertiary/aromatic N) is 1. The number of hydrogen-bond donors (Lipinski definition) is 1. The number of amides is 2. The van der Waals surface area contributed by atoms with E-state index < -0.39 is 0 Å². The number of urea groups is 1. The molecular weight excluding hydrogens is 271 g/mol. The van der Waals surface area contributed by atoms with E-state index >= 15 is 0 Å². The Bertz CT molecular complexity index is 702.